The molecule has 194 valence electrons. The van der Waals surface area contributed by atoms with Gasteiger partial charge >= 0.3 is 0 Å². The van der Waals surface area contributed by atoms with Crippen LogP contribution in [0.2, 0.25) is 0 Å². The molecule has 0 saturated carbocycles. The Kier molecular flexibility index (Phi) is 7.33. The molecule has 10 heteroatoms. The molecule has 37 heavy (non-hydrogen) atoms. The SMILES string of the molecule is CCN(CC)S(=O)(=O)c1ccc(NC(=O)C(C)n2c(=O)cc(C)c3c(C)nn(-c4ccccc4)c32)cc1. The minimum Gasteiger partial charge on any atom is -0.324 e. The predicted molar refractivity (Wildman–Crippen MR) is 145 cm³/mol. The zero-order valence-corrected chi connectivity index (χ0v) is 22.4. The van der Waals surface area contributed by atoms with E-state index in [0.29, 0.717) is 24.4 Å². The maximum atomic E-state index is 13.3. The van der Waals surface area contributed by atoms with Crippen LogP contribution in [0.25, 0.3) is 16.7 Å². The maximum Gasteiger partial charge on any atom is 0.253 e. The van der Waals surface area contributed by atoms with E-state index in [-0.39, 0.29) is 10.5 Å². The van der Waals surface area contributed by atoms with Crippen LogP contribution in [0.15, 0.2) is 70.4 Å². The molecule has 2 aromatic carbocycles. The van der Waals surface area contributed by atoms with Crippen molar-refractivity contribution >= 4 is 32.7 Å². The summed E-state index contributed by atoms with van der Waals surface area (Å²) in [4.78, 5) is 26.6. The number of aryl methyl sites for hydroxylation is 2. The highest BCUT2D eigenvalue weighted by molar-refractivity contribution is 7.89. The first-order valence-electron chi connectivity index (χ1n) is 12.2. The van der Waals surface area contributed by atoms with Crippen LogP contribution in [0.1, 0.15) is 38.1 Å². The minimum atomic E-state index is -3.60. The van der Waals surface area contributed by atoms with Crippen molar-refractivity contribution in [1.82, 2.24) is 18.7 Å². The summed E-state index contributed by atoms with van der Waals surface area (Å²) in [5.74, 6) is -0.412. The molecule has 1 unspecified atom stereocenters. The highest BCUT2D eigenvalue weighted by Gasteiger charge is 2.25. The van der Waals surface area contributed by atoms with Gasteiger partial charge in [-0.1, -0.05) is 32.0 Å². The van der Waals surface area contributed by atoms with Gasteiger partial charge in [-0.05, 0) is 62.7 Å². The second kappa shape index (κ2) is 10.3. The Morgan fingerprint density at radius 1 is 1.03 bits per heavy atom. The van der Waals surface area contributed by atoms with Crippen LogP contribution in [-0.2, 0) is 14.8 Å². The highest BCUT2D eigenvalue weighted by Crippen LogP contribution is 2.26. The van der Waals surface area contributed by atoms with Gasteiger partial charge < -0.3 is 5.32 Å². The molecule has 0 aliphatic rings. The molecule has 0 spiro atoms. The number of carbonyl (C=O) groups is 1. The van der Waals surface area contributed by atoms with Crippen LogP contribution in [-0.4, -0.2) is 46.1 Å². The van der Waals surface area contributed by atoms with Crippen LogP contribution in [0, 0.1) is 13.8 Å². The second-order valence-electron chi connectivity index (χ2n) is 8.85. The molecule has 4 aromatic rings. The number of aromatic nitrogens is 3. The number of sulfonamides is 1. The van der Waals surface area contributed by atoms with Crippen LogP contribution >= 0.6 is 0 Å². The van der Waals surface area contributed by atoms with Gasteiger partial charge in [-0.15, -0.1) is 0 Å². The van der Waals surface area contributed by atoms with E-state index in [1.54, 1.807) is 37.6 Å². The van der Waals surface area contributed by atoms with Crippen molar-refractivity contribution in [3.05, 3.63) is 82.3 Å². The number of benzene rings is 2. The Morgan fingerprint density at radius 2 is 1.65 bits per heavy atom. The number of anilines is 1. The van der Waals surface area contributed by atoms with E-state index in [2.05, 4.69) is 10.4 Å². The van der Waals surface area contributed by atoms with Crippen molar-refractivity contribution in [1.29, 1.82) is 0 Å². The second-order valence-corrected chi connectivity index (χ2v) is 10.8. The van der Waals surface area contributed by atoms with Gasteiger partial charge in [-0.3, -0.25) is 14.2 Å². The fourth-order valence-electron chi connectivity index (χ4n) is 4.54. The van der Waals surface area contributed by atoms with Crippen molar-refractivity contribution in [3.8, 4) is 5.69 Å². The van der Waals surface area contributed by atoms with Gasteiger partial charge in [-0.2, -0.15) is 9.40 Å². The molecule has 9 nitrogen and oxygen atoms in total. The van der Waals surface area contributed by atoms with Crippen LogP contribution < -0.4 is 10.9 Å². The van der Waals surface area contributed by atoms with Gasteiger partial charge in [0.25, 0.3) is 5.56 Å². The van der Waals surface area contributed by atoms with Crippen molar-refractivity contribution in [2.45, 2.75) is 45.6 Å². The molecule has 0 aliphatic heterocycles. The number of pyridine rings is 1. The van der Waals surface area contributed by atoms with Gasteiger partial charge in [-0.25, -0.2) is 13.1 Å². The predicted octanol–water partition coefficient (Wildman–Crippen LogP) is 4.03. The first kappa shape index (κ1) is 26.3. The third kappa shape index (κ3) is 4.82. The van der Waals surface area contributed by atoms with E-state index in [4.69, 9.17) is 0 Å². The zero-order chi connectivity index (χ0) is 26.9. The van der Waals surface area contributed by atoms with Gasteiger partial charge in [0.05, 0.1) is 16.3 Å². The summed E-state index contributed by atoms with van der Waals surface area (Å²) in [6, 6.07) is 16.1. The minimum absolute atomic E-state index is 0.154. The largest absolute Gasteiger partial charge is 0.324 e. The Labute approximate surface area is 216 Å². The number of rotatable bonds is 8. The lowest BCUT2D eigenvalue weighted by Gasteiger charge is -2.20. The van der Waals surface area contributed by atoms with Crippen LogP contribution in [0.3, 0.4) is 0 Å². The van der Waals surface area contributed by atoms with Crippen molar-refractivity contribution in [2.24, 2.45) is 0 Å². The number of hydrogen-bond acceptors (Lipinski definition) is 5. The van der Waals surface area contributed by atoms with E-state index in [1.165, 1.54) is 27.1 Å². The molecule has 1 amide bonds. The molecule has 0 fully saturated rings. The quantitative estimate of drug-likeness (QED) is 0.377. The number of para-hydroxylation sites is 1. The summed E-state index contributed by atoms with van der Waals surface area (Å²) < 4.78 is 30.0. The van der Waals surface area contributed by atoms with Crippen molar-refractivity contribution < 1.29 is 13.2 Å². The standard InChI is InChI=1S/C27H31N5O4S/c1-6-30(7-2)37(35,36)23-15-13-21(14-16-23)28-26(34)20(5)31-24(33)17-18(3)25-19(4)29-32(27(25)31)22-11-9-8-10-12-22/h8-17,20H,6-7H2,1-5H3,(H,28,34). The fraction of sp³-hybridized carbons (Fsp3) is 0.296. The smallest absolute Gasteiger partial charge is 0.253 e. The third-order valence-corrected chi connectivity index (χ3v) is 8.53. The third-order valence-electron chi connectivity index (χ3n) is 6.47. The first-order chi connectivity index (χ1) is 17.6. The summed E-state index contributed by atoms with van der Waals surface area (Å²) in [7, 11) is -3.60. The molecular formula is C27H31N5O4S. The van der Waals surface area contributed by atoms with Crippen LogP contribution in [0.5, 0.6) is 0 Å². The van der Waals surface area contributed by atoms with Gasteiger partial charge in [0.1, 0.15) is 11.7 Å². The lowest BCUT2D eigenvalue weighted by molar-refractivity contribution is -0.118. The summed E-state index contributed by atoms with van der Waals surface area (Å²) in [5.41, 5.74) is 2.97. The molecule has 0 radical (unpaired) electrons. The van der Waals surface area contributed by atoms with E-state index in [0.717, 1.165) is 22.3 Å². The number of nitrogens with zero attached hydrogens (tertiary/aromatic N) is 4. The normalized spacial score (nSPS) is 12.7. The molecule has 4 rings (SSSR count). The lowest BCUT2D eigenvalue weighted by Crippen LogP contribution is -2.32. The number of fused-ring (bicyclic) bond motifs is 1. The average molecular weight is 522 g/mol. The summed E-state index contributed by atoms with van der Waals surface area (Å²) in [6.45, 7) is 9.70. The molecular weight excluding hydrogens is 490 g/mol. The number of carbonyl (C=O) groups excluding carboxylic acids is 1. The number of hydrogen-bond donors (Lipinski definition) is 1. The maximum absolute atomic E-state index is 13.3. The average Bonchev–Trinajstić information content (AvgIpc) is 3.22. The van der Waals surface area contributed by atoms with E-state index < -0.39 is 22.0 Å². The molecule has 2 heterocycles. The Balaban J connectivity index is 1.70. The molecule has 0 bridgehead atoms. The summed E-state index contributed by atoms with van der Waals surface area (Å²) >= 11 is 0. The molecule has 0 aliphatic carbocycles. The summed E-state index contributed by atoms with van der Waals surface area (Å²) in [6.07, 6.45) is 0. The lowest BCUT2D eigenvalue weighted by atomic mass is 10.1. The summed E-state index contributed by atoms with van der Waals surface area (Å²) in [5, 5.41) is 8.30. The Bertz CT molecular complexity index is 1600. The van der Waals surface area contributed by atoms with Crippen LogP contribution in [0.4, 0.5) is 5.69 Å². The highest BCUT2D eigenvalue weighted by atomic mass is 32.2. The molecule has 2 aromatic heterocycles. The number of nitrogens with one attached hydrogen (secondary N) is 1. The van der Waals surface area contributed by atoms with E-state index in [9.17, 15) is 18.0 Å². The van der Waals surface area contributed by atoms with E-state index >= 15 is 0 Å². The van der Waals surface area contributed by atoms with Gasteiger partial charge in [0.15, 0.2) is 0 Å². The number of amides is 1. The molecule has 1 N–H and O–H groups in total. The Hall–Kier alpha value is -3.76. The Morgan fingerprint density at radius 3 is 2.24 bits per heavy atom. The monoisotopic (exact) mass is 521 g/mol. The topological polar surface area (TPSA) is 106 Å². The fourth-order valence-corrected chi connectivity index (χ4v) is 6.00. The van der Waals surface area contributed by atoms with Gasteiger partial charge in [0, 0.05) is 30.2 Å². The van der Waals surface area contributed by atoms with E-state index in [1.807, 2.05) is 44.2 Å². The van der Waals surface area contributed by atoms with Crippen molar-refractivity contribution in [2.75, 3.05) is 18.4 Å². The zero-order valence-electron chi connectivity index (χ0n) is 21.6. The van der Waals surface area contributed by atoms with Gasteiger partial charge in [0.2, 0.25) is 15.9 Å². The first-order valence-corrected chi connectivity index (χ1v) is 13.6. The van der Waals surface area contributed by atoms with Crippen molar-refractivity contribution in [3.63, 3.8) is 0 Å². The molecule has 0 saturated heterocycles. The molecule has 1 atom stereocenters.